The van der Waals surface area contributed by atoms with E-state index in [0.29, 0.717) is 29.5 Å². The molecule has 1 aliphatic rings. The number of hydrogen-bond acceptors (Lipinski definition) is 6. The summed E-state index contributed by atoms with van der Waals surface area (Å²) in [5.41, 5.74) is 1.50. The second kappa shape index (κ2) is 10.2. The van der Waals surface area contributed by atoms with Crippen molar-refractivity contribution in [1.29, 1.82) is 0 Å². The number of nitrogens with zero attached hydrogens (tertiary/aromatic N) is 1. The number of methoxy groups -OCH3 is 1. The first-order chi connectivity index (χ1) is 14.8. The molecule has 2 N–H and O–H groups in total. The van der Waals surface area contributed by atoms with Crippen molar-refractivity contribution >= 4 is 39.3 Å². The van der Waals surface area contributed by atoms with Gasteiger partial charge in [-0.15, -0.1) is 11.8 Å². The van der Waals surface area contributed by atoms with E-state index in [9.17, 15) is 18.0 Å². The predicted octanol–water partition coefficient (Wildman–Crippen LogP) is 2.08. The van der Waals surface area contributed by atoms with Crippen molar-refractivity contribution < 1.29 is 22.7 Å². The van der Waals surface area contributed by atoms with E-state index in [1.165, 1.54) is 19.2 Å². The molecule has 8 nitrogen and oxygen atoms in total. The maximum absolute atomic E-state index is 12.8. The summed E-state index contributed by atoms with van der Waals surface area (Å²) >= 11 is 1.54. The van der Waals surface area contributed by atoms with Crippen LogP contribution in [0.15, 0.2) is 53.4 Å². The van der Waals surface area contributed by atoms with Crippen molar-refractivity contribution in [3.63, 3.8) is 0 Å². The molecule has 0 saturated carbocycles. The van der Waals surface area contributed by atoms with Crippen LogP contribution in [0.25, 0.3) is 0 Å². The average Bonchev–Trinajstić information content (AvgIpc) is 3.28. The molecule has 1 atom stereocenters. The van der Waals surface area contributed by atoms with Crippen LogP contribution in [0.4, 0.5) is 5.69 Å². The Morgan fingerprint density at radius 2 is 1.81 bits per heavy atom. The van der Waals surface area contributed by atoms with Crippen LogP contribution < -0.4 is 14.8 Å². The third kappa shape index (κ3) is 5.78. The van der Waals surface area contributed by atoms with Crippen LogP contribution in [0, 0.1) is 0 Å². The molecule has 2 aromatic carbocycles. The number of amides is 2. The van der Waals surface area contributed by atoms with Crippen LogP contribution in [-0.4, -0.2) is 57.0 Å². The maximum Gasteiger partial charge on any atom is 0.248 e. The number of carbonyl (C=O) groups is 2. The summed E-state index contributed by atoms with van der Waals surface area (Å²) < 4.78 is 31.0. The lowest BCUT2D eigenvalue weighted by atomic mass is 10.1. The number of sulfonamides is 1. The van der Waals surface area contributed by atoms with Gasteiger partial charge in [0.25, 0.3) is 0 Å². The molecule has 3 rings (SSSR count). The Morgan fingerprint density at radius 1 is 1.13 bits per heavy atom. The van der Waals surface area contributed by atoms with Crippen LogP contribution in [-0.2, 0) is 26.0 Å². The van der Waals surface area contributed by atoms with Crippen LogP contribution in [0.2, 0.25) is 0 Å². The summed E-state index contributed by atoms with van der Waals surface area (Å²) in [5.74, 6) is 1.39. The smallest absolute Gasteiger partial charge is 0.248 e. The van der Waals surface area contributed by atoms with E-state index in [2.05, 4.69) is 10.0 Å². The van der Waals surface area contributed by atoms with Crippen LogP contribution >= 0.6 is 11.8 Å². The second-order valence-electron chi connectivity index (χ2n) is 6.95. The Labute approximate surface area is 186 Å². The van der Waals surface area contributed by atoms with E-state index in [1.54, 1.807) is 60.2 Å². The molecule has 1 saturated heterocycles. The van der Waals surface area contributed by atoms with Gasteiger partial charge in [-0.2, -0.15) is 0 Å². The van der Waals surface area contributed by atoms with Crippen molar-refractivity contribution in [2.24, 2.45) is 0 Å². The van der Waals surface area contributed by atoms with E-state index in [-0.39, 0.29) is 23.1 Å². The SMILES string of the molecule is CNS(=O)(=O)c1ccc(CCC(=O)N2CSCC2C(=O)Nc2ccc(OC)cc2)cc1. The summed E-state index contributed by atoms with van der Waals surface area (Å²) in [6.07, 6.45) is 0.706. The molecular weight excluding hydrogens is 438 g/mol. The van der Waals surface area contributed by atoms with Crippen LogP contribution in [0.3, 0.4) is 0 Å². The zero-order valence-corrected chi connectivity index (χ0v) is 19.0. The lowest BCUT2D eigenvalue weighted by Crippen LogP contribution is -2.44. The first-order valence-corrected chi connectivity index (χ1v) is 12.3. The summed E-state index contributed by atoms with van der Waals surface area (Å²) in [4.78, 5) is 27.2. The molecule has 2 amide bonds. The number of thioether (sulfide) groups is 1. The van der Waals surface area contributed by atoms with Gasteiger partial charge in [0.1, 0.15) is 11.8 Å². The van der Waals surface area contributed by atoms with Crippen molar-refractivity contribution in [2.75, 3.05) is 31.1 Å². The molecule has 166 valence electrons. The predicted molar refractivity (Wildman–Crippen MR) is 121 cm³/mol. The highest BCUT2D eigenvalue weighted by atomic mass is 32.2. The van der Waals surface area contributed by atoms with Gasteiger partial charge >= 0.3 is 0 Å². The Kier molecular flexibility index (Phi) is 7.58. The number of rotatable bonds is 8. The average molecular weight is 464 g/mol. The number of benzene rings is 2. The summed E-state index contributed by atoms with van der Waals surface area (Å²) in [6, 6.07) is 12.9. The number of hydrogen-bond donors (Lipinski definition) is 2. The fourth-order valence-corrected chi connectivity index (χ4v) is 5.06. The molecule has 10 heteroatoms. The third-order valence-corrected chi connectivity index (χ3v) is 7.44. The lowest BCUT2D eigenvalue weighted by Gasteiger charge is -2.23. The Balaban J connectivity index is 1.57. The van der Waals surface area contributed by atoms with Gasteiger partial charge in [0.05, 0.1) is 17.9 Å². The van der Waals surface area contributed by atoms with Crippen LogP contribution in [0.5, 0.6) is 5.75 Å². The Hall–Kier alpha value is -2.56. The lowest BCUT2D eigenvalue weighted by molar-refractivity contribution is -0.136. The number of ether oxygens (including phenoxy) is 1. The third-order valence-electron chi connectivity index (χ3n) is 4.99. The fourth-order valence-electron chi connectivity index (χ4n) is 3.15. The van der Waals surface area contributed by atoms with E-state index in [0.717, 1.165) is 5.56 Å². The summed E-state index contributed by atoms with van der Waals surface area (Å²) in [7, 11) is -0.552. The fraction of sp³-hybridized carbons (Fsp3) is 0.333. The minimum Gasteiger partial charge on any atom is -0.497 e. The largest absolute Gasteiger partial charge is 0.497 e. The van der Waals surface area contributed by atoms with Gasteiger partial charge in [-0.25, -0.2) is 13.1 Å². The van der Waals surface area contributed by atoms with Gasteiger partial charge < -0.3 is 15.0 Å². The van der Waals surface area contributed by atoms with E-state index < -0.39 is 16.1 Å². The van der Waals surface area contributed by atoms with E-state index in [1.807, 2.05) is 0 Å². The standard InChI is InChI=1S/C21H25N3O5S2/c1-22-31(27,28)18-10-3-15(4-11-18)5-12-20(25)24-14-30-13-19(24)21(26)23-16-6-8-17(29-2)9-7-16/h3-4,6-11,19,22H,5,12-14H2,1-2H3,(H,23,26). The van der Waals surface area contributed by atoms with Crippen molar-refractivity contribution in [3.05, 3.63) is 54.1 Å². The van der Waals surface area contributed by atoms with E-state index >= 15 is 0 Å². The molecule has 1 fully saturated rings. The Morgan fingerprint density at radius 3 is 2.42 bits per heavy atom. The minimum atomic E-state index is -3.49. The monoisotopic (exact) mass is 463 g/mol. The topological polar surface area (TPSA) is 105 Å². The van der Waals surface area contributed by atoms with Crippen molar-refractivity contribution in [1.82, 2.24) is 9.62 Å². The number of anilines is 1. The van der Waals surface area contributed by atoms with Crippen LogP contribution in [0.1, 0.15) is 12.0 Å². The molecule has 0 spiro atoms. The molecular formula is C21H25N3O5S2. The first-order valence-electron chi connectivity index (χ1n) is 9.68. The van der Waals surface area contributed by atoms with Gasteiger partial charge in [-0.1, -0.05) is 12.1 Å². The van der Waals surface area contributed by atoms with Gasteiger partial charge in [0, 0.05) is 17.9 Å². The Bertz CT molecular complexity index is 1020. The van der Waals surface area contributed by atoms with Crippen molar-refractivity contribution in [2.45, 2.75) is 23.8 Å². The molecule has 31 heavy (non-hydrogen) atoms. The highest BCUT2D eigenvalue weighted by Crippen LogP contribution is 2.24. The minimum absolute atomic E-state index is 0.105. The second-order valence-corrected chi connectivity index (χ2v) is 9.83. The maximum atomic E-state index is 12.8. The molecule has 1 unspecified atom stereocenters. The molecule has 0 radical (unpaired) electrons. The highest BCUT2D eigenvalue weighted by molar-refractivity contribution is 7.99. The number of aryl methyl sites for hydroxylation is 1. The van der Waals surface area contributed by atoms with Gasteiger partial charge in [-0.05, 0) is 55.4 Å². The first kappa shape index (κ1) is 23.1. The number of nitrogens with one attached hydrogen (secondary N) is 2. The molecule has 0 aliphatic carbocycles. The molecule has 1 aliphatic heterocycles. The summed E-state index contributed by atoms with van der Waals surface area (Å²) in [6.45, 7) is 0. The highest BCUT2D eigenvalue weighted by Gasteiger charge is 2.34. The molecule has 0 aromatic heterocycles. The number of carbonyl (C=O) groups excluding carboxylic acids is 2. The normalized spacial score (nSPS) is 16.2. The van der Waals surface area contributed by atoms with E-state index in [4.69, 9.17) is 4.74 Å². The zero-order chi connectivity index (χ0) is 22.4. The summed E-state index contributed by atoms with van der Waals surface area (Å²) in [5, 5.41) is 2.86. The van der Waals surface area contributed by atoms with Gasteiger partial charge in [0.2, 0.25) is 21.8 Å². The van der Waals surface area contributed by atoms with Crippen molar-refractivity contribution in [3.8, 4) is 5.75 Å². The molecule has 2 aromatic rings. The molecule has 1 heterocycles. The van der Waals surface area contributed by atoms with Gasteiger partial charge in [0.15, 0.2) is 0 Å². The zero-order valence-electron chi connectivity index (χ0n) is 17.3. The van der Waals surface area contributed by atoms with Gasteiger partial charge in [-0.3, -0.25) is 9.59 Å². The quantitative estimate of drug-likeness (QED) is 0.621. The molecule has 0 bridgehead atoms.